The van der Waals surface area contributed by atoms with Crippen LogP contribution in [0.4, 0.5) is 0 Å². The van der Waals surface area contributed by atoms with Crippen molar-refractivity contribution in [3.05, 3.63) is 29.0 Å². The zero-order valence-corrected chi connectivity index (χ0v) is 10.4. The number of hydrogen-bond acceptors (Lipinski definition) is 3. The molecule has 2 rings (SSSR count). The third kappa shape index (κ3) is 2.96. The van der Waals surface area contributed by atoms with Crippen LogP contribution in [0.3, 0.4) is 0 Å². The zero-order valence-electron chi connectivity index (χ0n) is 9.64. The topological polar surface area (TPSA) is 53.4 Å². The van der Waals surface area contributed by atoms with Crippen LogP contribution in [-0.4, -0.2) is 40.6 Å². The number of pyridine rings is 1. The Kier molecular flexibility index (Phi) is 3.64. The van der Waals surface area contributed by atoms with Crippen molar-refractivity contribution in [1.29, 1.82) is 0 Å². The van der Waals surface area contributed by atoms with Gasteiger partial charge in [-0.3, -0.25) is 9.78 Å². The third-order valence-electron chi connectivity index (χ3n) is 3.03. The Hall–Kier alpha value is -1.13. The number of hydrogen-bond donors (Lipinski definition) is 1. The van der Waals surface area contributed by atoms with E-state index in [0.29, 0.717) is 23.2 Å². The second-order valence-corrected chi connectivity index (χ2v) is 4.97. The lowest BCUT2D eigenvalue weighted by molar-refractivity contribution is 0.0264. The van der Waals surface area contributed by atoms with Crippen LogP contribution < -0.4 is 0 Å². The second kappa shape index (κ2) is 5.02. The van der Waals surface area contributed by atoms with Gasteiger partial charge in [-0.1, -0.05) is 11.6 Å². The number of nitrogens with zero attached hydrogens (tertiary/aromatic N) is 2. The number of rotatable bonds is 3. The van der Waals surface area contributed by atoms with Gasteiger partial charge in [-0.15, -0.1) is 0 Å². The molecule has 1 amide bonds. The molecule has 0 aliphatic heterocycles. The quantitative estimate of drug-likeness (QED) is 0.891. The van der Waals surface area contributed by atoms with Gasteiger partial charge >= 0.3 is 0 Å². The maximum atomic E-state index is 12.0. The van der Waals surface area contributed by atoms with Crippen LogP contribution in [0.2, 0.25) is 5.02 Å². The van der Waals surface area contributed by atoms with E-state index in [-0.39, 0.29) is 12.0 Å². The van der Waals surface area contributed by atoms with Crippen LogP contribution in [0.15, 0.2) is 18.3 Å². The third-order valence-corrected chi connectivity index (χ3v) is 3.27. The van der Waals surface area contributed by atoms with Crippen molar-refractivity contribution in [2.75, 3.05) is 13.6 Å². The van der Waals surface area contributed by atoms with E-state index in [1.54, 1.807) is 24.1 Å². The smallest absolute Gasteiger partial charge is 0.272 e. The molecule has 1 aromatic heterocycles. The molecule has 4 nitrogen and oxygen atoms in total. The summed E-state index contributed by atoms with van der Waals surface area (Å²) < 4.78 is 0. The molecule has 92 valence electrons. The summed E-state index contributed by atoms with van der Waals surface area (Å²) in [6.45, 7) is 0.657. The van der Waals surface area contributed by atoms with E-state index in [2.05, 4.69) is 4.98 Å². The van der Waals surface area contributed by atoms with Gasteiger partial charge in [-0.2, -0.15) is 0 Å². The Morgan fingerprint density at radius 1 is 1.65 bits per heavy atom. The average Bonchev–Trinajstić information content (AvgIpc) is 2.26. The van der Waals surface area contributed by atoms with E-state index in [1.807, 2.05) is 0 Å². The molecule has 0 radical (unpaired) electrons. The summed E-state index contributed by atoms with van der Waals surface area (Å²) in [6.07, 6.45) is 2.89. The number of carbonyl (C=O) groups excluding carboxylic acids is 1. The minimum atomic E-state index is -0.187. The first-order valence-electron chi connectivity index (χ1n) is 5.61. The van der Waals surface area contributed by atoms with Crippen LogP contribution in [0.25, 0.3) is 0 Å². The molecule has 0 saturated heterocycles. The van der Waals surface area contributed by atoms with Crippen LogP contribution in [0.5, 0.6) is 0 Å². The largest absolute Gasteiger partial charge is 0.393 e. The number of carbonyl (C=O) groups is 1. The molecule has 1 fully saturated rings. The van der Waals surface area contributed by atoms with Gasteiger partial charge in [0.05, 0.1) is 6.10 Å². The molecule has 1 aromatic rings. The molecule has 0 bridgehead atoms. The Bertz CT molecular complexity index is 419. The lowest BCUT2D eigenvalue weighted by Gasteiger charge is -2.34. The van der Waals surface area contributed by atoms with Crippen molar-refractivity contribution in [1.82, 2.24) is 9.88 Å². The molecular formula is C12H15ClN2O2. The fraction of sp³-hybridized carbons (Fsp3) is 0.500. The maximum absolute atomic E-state index is 12.0. The highest BCUT2D eigenvalue weighted by Crippen LogP contribution is 2.27. The lowest BCUT2D eigenvalue weighted by atomic mass is 9.82. The molecule has 5 heteroatoms. The predicted molar refractivity (Wildman–Crippen MR) is 64.9 cm³/mol. The van der Waals surface area contributed by atoms with Crippen molar-refractivity contribution in [2.45, 2.75) is 18.9 Å². The van der Waals surface area contributed by atoms with Crippen molar-refractivity contribution in [2.24, 2.45) is 5.92 Å². The summed E-state index contributed by atoms with van der Waals surface area (Å²) in [5, 5.41) is 9.70. The van der Waals surface area contributed by atoms with Gasteiger partial charge in [0, 0.05) is 24.8 Å². The standard InChI is InChI=1S/C12H15ClN2O2/c1-15(7-8-4-10(16)5-8)12(17)11-6-9(13)2-3-14-11/h2-3,6,8,10,16H,4-5,7H2,1H3. The number of aliphatic hydroxyl groups is 1. The van der Waals surface area contributed by atoms with Crippen molar-refractivity contribution in [3.63, 3.8) is 0 Å². The highest BCUT2D eigenvalue weighted by atomic mass is 35.5. The molecular weight excluding hydrogens is 240 g/mol. The van der Waals surface area contributed by atoms with Gasteiger partial charge in [0.25, 0.3) is 5.91 Å². The van der Waals surface area contributed by atoms with Crippen molar-refractivity contribution in [3.8, 4) is 0 Å². The minimum absolute atomic E-state index is 0.131. The molecule has 0 aromatic carbocycles. The number of aliphatic hydroxyl groups excluding tert-OH is 1. The minimum Gasteiger partial charge on any atom is -0.393 e. The van der Waals surface area contributed by atoms with Gasteiger partial charge in [-0.05, 0) is 30.9 Å². The predicted octanol–water partition coefficient (Wildman–Crippen LogP) is 1.58. The molecule has 1 N–H and O–H groups in total. The van der Waals surface area contributed by atoms with Gasteiger partial charge < -0.3 is 10.0 Å². The molecule has 17 heavy (non-hydrogen) atoms. The fourth-order valence-corrected chi connectivity index (χ4v) is 2.20. The number of amides is 1. The van der Waals surface area contributed by atoms with Gasteiger partial charge in [0.2, 0.25) is 0 Å². The average molecular weight is 255 g/mol. The summed E-state index contributed by atoms with van der Waals surface area (Å²) in [7, 11) is 1.75. The van der Waals surface area contributed by atoms with Crippen molar-refractivity contribution < 1.29 is 9.90 Å². The van der Waals surface area contributed by atoms with Gasteiger partial charge in [0.15, 0.2) is 0 Å². The monoisotopic (exact) mass is 254 g/mol. The molecule has 0 atom stereocenters. The highest BCUT2D eigenvalue weighted by molar-refractivity contribution is 6.30. The van der Waals surface area contributed by atoms with Crippen molar-refractivity contribution >= 4 is 17.5 Å². The first-order chi connectivity index (χ1) is 8.06. The second-order valence-electron chi connectivity index (χ2n) is 4.54. The Labute approximate surface area is 105 Å². The molecule has 1 heterocycles. The van der Waals surface area contributed by atoms with Crippen LogP contribution >= 0.6 is 11.6 Å². The van der Waals surface area contributed by atoms with E-state index < -0.39 is 0 Å². The highest BCUT2D eigenvalue weighted by Gasteiger charge is 2.29. The summed E-state index contributed by atoms with van der Waals surface area (Å²) in [5.74, 6) is 0.270. The van der Waals surface area contributed by atoms with E-state index in [4.69, 9.17) is 11.6 Å². The molecule has 0 spiro atoms. The number of aromatic nitrogens is 1. The van der Waals surface area contributed by atoms with Gasteiger partial charge in [0.1, 0.15) is 5.69 Å². The zero-order chi connectivity index (χ0) is 12.4. The van der Waals surface area contributed by atoms with E-state index in [9.17, 15) is 9.90 Å². The Morgan fingerprint density at radius 3 is 2.94 bits per heavy atom. The summed E-state index contributed by atoms with van der Waals surface area (Å²) >= 11 is 5.81. The summed E-state index contributed by atoms with van der Waals surface area (Å²) in [5.41, 5.74) is 0.361. The van der Waals surface area contributed by atoms with E-state index in [0.717, 1.165) is 12.8 Å². The summed E-state index contributed by atoms with van der Waals surface area (Å²) in [4.78, 5) is 17.6. The van der Waals surface area contributed by atoms with E-state index >= 15 is 0 Å². The summed E-state index contributed by atoms with van der Waals surface area (Å²) in [6, 6.07) is 3.20. The van der Waals surface area contributed by atoms with Gasteiger partial charge in [-0.25, -0.2) is 0 Å². The van der Waals surface area contributed by atoms with Crippen LogP contribution in [-0.2, 0) is 0 Å². The molecule has 1 saturated carbocycles. The first-order valence-corrected chi connectivity index (χ1v) is 5.99. The SMILES string of the molecule is CN(CC1CC(O)C1)C(=O)c1cc(Cl)ccn1. The van der Waals surface area contributed by atoms with Crippen LogP contribution in [0, 0.1) is 5.92 Å². The fourth-order valence-electron chi connectivity index (χ4n) is 2.04. The maximum Gasteiger partial charge on any atom is 0.272 e. The lowest BCUT2D eigenvalue weighted by Crippen LogP contribution is -2.39. The Morgan fingerprint density at radius 2 is 2.35 bits per heavy atom. The molecule has 1 aliphatic rings. The Balaban J connectivity index is 1.95. The molecule has 1 aliphatic carbocycles. The number of halogens is 1. The first kappa shape index (κ1) is 12.3. The molecule has 0 unspecified atom stereocenters. The van der Waals surface area contributed by atoms with E-state index in [1.165, 1.54) is 6.20 Å². The normalized spacial score (nSPS) is 23.0. The van der Waals surface area contributed by atoms with Crippen LogP contribution in [0.1, 0.15) is 23.3 Å².